The minimum atomic E-state index is -0.938. The summed E-state index contributed by atoms with van der Waals surface area (Å²) >= 11 is 0. The SMILES string of the molecule is C=CCN(C)C(=O)NC(C)(C)CC(=O)O. The third-order valence-corrected chi connectivity index (χ3v) is 1.79. The van der Waals surface area contributed by atoms with Gasteiger partial charge in [-0.05, 0) is 13.8 Å². The molecule has 0 unspecified atom stereocenters. The highest BCUT2D eigenvalue weighted by atomic mass is 16.4. The molecule has 0 saturated carbocycles. The van der Waals surface area contributed by atoms with Crippen LogP contribution in [0.2, 0.25) is 0 Å². The van der Waals surface area contributed by atoms with E-state index < -0.39 is 11.5 Å². The molecule has 0 spiro atoms. The average Bonchev–Trinajstić information content (AvgIpc) is 2.00. The van der Waals surface area contributed by atoms with Crippen LogP contribution in [-0.2, 0) is 4.79 Å². The number of nitrogens with zero attached hydrogens (tertiary/aromatic N) is 1. The van der Waals surface area contributed by atoms with Gasteiger partial charge in [-0.15, -0.1) is 6.58 Å². The van der Waals surface area contributed by atoms with E-state index in [9.17, 15) is 9.59 Å². The Morgan fingerprint density at radius 3 is 2.47 bits per heavy atom. The van der Waals surface area contributed by atoms with Gasteiger partial charge in [0.1, 0.15) is 0 Å². The van der Waals surface area contributed by atoms with Crippen LogP contribution in [-0.4, -0.2) is 41.1 Å². The zero-order valence-corrected chi connectivity index (χ0v) is 9.41. The van der Waals surface area contributed by atoms with Crippen LogP contribution < -0.4 is 5.32 Å². The second-order valence-corrected chi connectivity index (χ2v) is 4.05. The molecule has 0 rings (SSSR count). The van der Waals surface area contributed by atoms with Crippen molar-refractivity contribution in [3.05, 3.63) is 12.7 Å². The van der Waals surface area contributed by atoms with Gasteiger partial charge < -0.3 is 15.3 Å². The molecule has 0 fully saturated rings. The first-order valence-corrected chi connectivity index (χ1v) is 4.64. The number of hydrogen-bond donors (Lipinski definition) is 2. The molecule has 0 aromatic carbocycles. The van der Waals surface area contributed by atoms with Crippen molar-refractivity contribution in [3.8, 4) is 0 Å². The molecule has 0 aliphatic rings. The highest BCUT2D eigenvalue weighted by Crippen LogP contribution is 2.08. The van der Waals surface area contributed by atoms with Gasteiger partial charge in [-0.25, -0.2) is 4.79 Å². The van der Waals surface area contributed by atoms with Crippen LogP contribution in [0.25, 0.3) is 0 Å². The summed E-state index contributed by atoms with van der Waals surface area (Å²) in [4.78, 5) is 23.4. The van der Waals surface area contributed by atoms with Gasteiger partial charge in [0, 0.05) is 19.1 Å². The number of carbonyl (C=O) groups excluding carboxylic acids is 1. The maximum Gasteiger partial charge on any atom is 0.317 e. The van der Waals surface area contributed by atoms with Gasteiger partial charge in [-0.1, -0.05) is 6.08 Å². The standard InChI is InChI=1S/C10H18N2O3/c1-5-6-12(4)9(15)11-10(2,3)7-8(13)14/h5H,1,6-7H2,2-4H3,(H,11,15)(H,13,14). The van der Waals surface area contributed by atoms with Gasteiger partial charge in [-0.2, -0.15) is 0 Å². The highest BCUT2D eigenvalue weighted by Gasteiger charge is 2.24. The van der Waals surface area contributed by atoms with E-state index in [1.165, 1.54) is 4.90 Å². The summed E-state index contributed by atoms with van der Waals surface area (Å²) in [6.45, 7) is 7.27. The number of carboxylic acids is 1. The summed E-state index contributed by atoms with van der Waals surface area (Å²) in [6, 6.07) is -0.304. The minimum Gasteiger partial charge on any atom is -0.481 e. The lowest BCUT2D eigenvalue weighted by atomic mass is 10.0. The summed E-state index contributed by atoms with van der Waals surface area (Å²) in [7, 11) is 1.62. The van der Waals surface area contributed by atoms with Crippen LogP contribution in [0.1, 0.15) is 20.3 Å². The number of amides is 2. The van der Waals surface area contributed by atoms with E-state index in [4.69, 9.17) is 5.11 Å². The van der Waals surface area contributed by atoms with Gasteiger partial charge in [0.05, 0.1) is 6.42 Å². The lowest BCUT2D eigenvalue weighted by Crippen LogP contribution is -2.49. The zero-order chi connectivity index (χ0) is 12.1. The topological polar surface area (TPSA) is 69.6 Å². The fourth-order valence-electron chi connectivity index (χ4n) is 1.08. The van der Waals surface area contributed by atoms with E-state index >= 15 is 0 Å². The van der Waals surface area contributed by atoms with Crippen LogP contribution in [0, 0.1) is 0 Å². The predicted octanol–water partition coefficient (Wildman–Crippen LogP) is 1.07. The molecule has 0 aliphatic heterocycles. The molecule has 0 heterocycles. The second-order valence-electron chi connectivity index (χ2n) is 4.05. The number of likely N-dealkylation sites (N-methyl/N-ethyl adjacent to an activating group) is 1. The van der Waals surface area contributed by atoms with Gasteiger partial charge in [0.25, 0.3) is 0 Å². The smallest absolute Gasteiger partial charge is 0.317 e. The van der Waals surface area contributed by atoms with Crippen LogP contribution >= 0.6 is 0 Å². The van der Waals surface area contributed by atoms with Gasteiger partial charge in [0.2, 0.25) is 0 Å². The molecule has 5 nitrogen and oxygen atoms in total. The van der Waals surface area contributed by atoms with Crippen molar-refractivity contribution < 1.29 is 14.7 Å². The van der Waals surface area contributed by atoms with Gasteiger partial charge in [-0.3, -0.25) is 4.79 Å². The van der Waals surface area contributed by atoms with Crippen LogP contribution in [0.3, 0.4) is 0 Å². The molecule has 15 heavy (non-hydrogen) atoms. The Bertz CT molecular complexity index is 261. The Morgan fingerprint density at radius 1 is 1.53 bits per heavy atom. The first kappa shape index (κ1) is 13.5. The number of hydrogen-bond acceptors (Lipinski definition) is 2. The molecular weight excluding hydrogens is 196 g/mol. The van der Waals surface area contributed by atoms with E-state index in [1.54, 1.807) is 27.0 Å². The summed E-state index contributed by atoms with van der Waals surface area (Å²) in [6.07, 6.45) is 1.49. The van der Waals surface area contributed by atoms with Gasteiger partial charge >= 0.3 is 12.0 Å². The lowest BCUT2D eigenvalue weighted by molar-refractivity contribution is -0.138. The van der Waals surface area contributed by atoms with Crippen LogP contribution in [0.4, 0.5) is 4.79 Å². The molecule has 2 amide bonds. The van der Waals surface area contributed by atoms with Crippen molar-refractivity contribution in [3.63, 3.8) is 0 Å². The lowest BCUT2D eigenvalue weighted by Gasteiger charge is -2.27. The molecule has 0 saturated heterocycles. The monoisotopic (exact) mass is 214 g/mol. The fourth-order valence-corrected chi connectivity index (χ4v) is 1.08. The highest BCUT2D eigenvalue weighted by molar-refractivity contribution is 5.76. The van der Waals surface area contributed by atoms with Crippen molar-refractivity contribution in [1.82, 2.24) is 10.2 Å². The normalized spacial score (nSPS) is 10.6. The number of rotatable bonds is 5. The Balaban J connectivity index is 4.25. The third-order valence-electron chi connectivity index (χ3n) is 1.79. The summed E-state index contributed by atoms with van der Waals surface area (Å²) in [5.74, 6) is -0.938. The quantitative estimate of drug-likeness (QED) is 0.672. The second kappa shape index (κ2) is 5.38. The molecule has 0 aliphatic carbocycles. The van der Waals surface area contributed by atoms with E-state index in [0.717, 1.165) is 0 Å². The zero-order valence-electron chi connectivity index (χ0n) is 9.41. The van der Waals surface area contributed by atoms with Gasteiger partial charge in [0.15, 0.2) is 0 Å². The maximum atomic E-state index is 11.5. The molecule has 0 atom stereocenters. The van der Waals surface area contributed by atoms with Crippen LogP contribution in [0.5, 0.6) is 0 Å². The first-order chi connectivity index (χ1) is 6.78. The Labute approximate surface area is 89.8 Å². The summed E-state index contributed by atoms with van der Waals surface area (Å²) < 4.78 is 0. The molecule has 0 bridgehead atoms. The minimum absolute atomic E-state index is 0.110. The summed E-state index contributed by atoms with van der Waals surface area (Å²) in [5, 5.41) is 11.3. The fraction of sp³-hybridized carbons (Fsp3) is 0.600. The Morgan fingerprint density at radius 2 is 2.07 bits per heavy atom. The van der Waals surface area contributed by atoms with Crippen molar-refractivity contribution >= 4 is 12.0 Å². The van der Waals surface area contributed by atoms with E-state index in [-0.39, 0.29) is 12.5 Å². The van der Waals surface area contributed by atoms with E-state index in [2.05, 4.69) is 11.9 Å². The van der Waals surface area contributed by atoms with Crippen LogP contribution in [0.15, 0.2) is 12.7 Å². The number of aliphatic carboxylic acids is 1. The first-order valence-electron chi connectivity index (χ1n) is 4.64. The largest absolute Gasteiger partial charge is 0.481 e. The number of carboxylic acid groups (broad SMARTS) is 1. The maximum absolute atomic E-state index is 11.5. The van der Waals surface area contributed by atoms with E-state index in [0.29, 0.717) is 6.54 Å². The average molecular weight is 214 g/mol. The number of nitrogens with one attached hydrogen (secondary N) is 1. The number of carbonyl (C=O) groups is 2. The molecule has 2 N–H and O–H groups in total. The van der Waals surface area contributed by atoms with Crippen molar-refractivity contribution in [2.45, 2.75) is 25.8 Å². The van der Waals surface area contributed by atoms with Crippen molar-refractivity contribution in [1.29, 1.82) is 0 Å². The molecule has 0 aromatic rings. The Kier molecular flexibility index (Phi) is 4.84. The van der Waals surface area contributed by atoms with E-state index in [1.807, 2.05) is 0 Å². The third kappa shape index (κ3) is 5.72. The molecule has 0 radical (unpaired) electrons. The molecule has 5 heteroatoms. The predicted molar refractivity (Wildman–Crippen MR) is 57.7 cm³/mol. The number of urea groups is 1. The molecular formula is C10H18N2O3. The van der Waals surface area contributed by atoms with Crippen molar-refractivity contribution in [2.75, 3.05) is 13.6 Å². The molecule has 86 valence electrons. The summed E-state index contributed by atoms with van der Waals surface area (Å²) in [5.41, 5.74) is -0.752. The van der Waals surface area contributed by atoms with Crippen molar-refractivity contribution in [2.24, 2.45) is 0 Å². The molecule has 0 aromatic heterocycles. The Hall–Kier alpha value is -1.52.